The van der Waals surface area contributed by atoms with Crippen LogP contribution < -0.4 is 0 Å². The van der Waals surface area contributed by atoms with Gasteiger partial charge in [0.15, 0.2) is 5.76 Å². The minimum atomic E-state index is -1.33. The van der Waals surface area contributed by atoms with Crippen molar-refractivity contribution in [1.29, 1.82) is 0 Å². The fraction of sp³-hybridized carbons (Fsp3) is 0.632. The van der Waals surface area contributed by atoms with Gasteiger partial charge < -0.3 is 14.9 Å². The first-order chi connectivity index (χ1) is 10.7. The third-order valence-corrected chi connectivity index (χ3v) is 6.57. The van der Waals surface area contributed by atoms with E-state index in [2.05, 4.69) is 20.8 Å². The first-order valence-electron chi connectivity index (χ1n) is 8.51. The molecule has 1 heterocycles. The summed E-state index contributed by atoms with van der Waals surface area (Å²) < 4.78 is 5.82. The predicted octanol–water partition coefficient (Wildman–Crippen LogP) is 3.54. The number of allylic oxidation sites excluding steroid dienone is 2. The molecule has 0 aromatic heterocycles. The van der Waals surface area contributed by atoms with Gasteiger partial charge in [-0.3, -0.25) is 4.79 Å². The summed E-state index contributed by atoms with van der Waals surface area (Å²) in [6.45, 7) is 6.85. The summed E-state index contributed by atoms with van der Waals surface area (Å²) >= 11 is 0. The SMILES string of the molecule is CC1(C)CCC[C@]2(C)C3=C4C=C(O)C(=O)C=C4OC3(O)CC[C@@H]12. The summed E-state index contributed by atoms with van der Waals surface area (Å²) in [6, 6.07) is 0. The number of aliphatic hydroxyl groups excluding tert-OH is 1. The summed E-state index contributed by atoms with van der Waals surface area (Å²) in [6.07, 6.45) is 7.54. The lowest BCUT2D eigenvalue weighted by molar-refractivity contribution is -0.182. The van der Waals surface area contributed by atoms with Gasteiger partial charge in [-0.05, 0) is 42.1 Å². The number of ether oxygens (including phenoxy) is 1. The average Bonchev–Trinajstić information content (AvgIpc) is 2.71. The van der Waals surface area contributed by atoms with Crippen LogP contribution in [0.15, 0.2) is 34.8 Å². The van der Waals surface area contributed by atoms with Crippen molar-refractivity contribution in [1.82, 2.24) is 0 Å². The van der Waals surface area contributed by atoms with Gasteiger partial charge in [0.2, 0.25) is 11.6 Å². The van der Waals surface area contributed by atoms with Gasteiger partial charge in [0.1, 0.15) is 5.76 Å². The Labute approximate surface area is 136 Å². The molecule has 1 unspecified atom stereocenters. The maximum Gasteiger partial charge on any atom is 0.232 e. The number of carbonyl (C=O) groups is 1. The van der Waals surface area contributed by atoms with Gasteiger partial charge in [-0.25, -0.2) is 0 Å². The Bertz CT molecular complexity index is 696. The standard InChI is InChI=1S/C19H24O4/c1-17(2)6-4-7-18(3)15(17)5-8-19(22)16(18)11-9-12(20)13(21)10-14(11)23-19/h9-10,15,20,22H,4-8H2,1-3H3/t15-,18-,19?/m0/s1. The predicted molar refractivity (Wildman–Crippen MR) is 85.3 cm³/mol. The van der Waals surface area contributed by atoms with Crippen LogP contribution in [0.1, 0.15) is 52.9 Å². The summed E-state index contributed by atoms with van der Waals surface area (Å²) in [4.78, 5) is 11.7. The molecule has 4 heteroatoms. The molecule has 0 aromatic rings. The third kappa shape index (κ3) is 1.84. The first kappa shape index (κ1) is 15.0. The molecule has 124 valence electrons. The highest BCUT2D eigenvalue weighted by atomic mass is 16.6. The molecule has 2 fully saturated rings. The zero-order valence-corrected chi connectivity index (χ0v) is 14.0. The Morgan fingerprint density at radius 1 is 1.17 bits per heavy atom. The van der Waals surface area contributed by atoms with Crippen LogP contribution in [0.4, 0.5) is 0 Å². The molecule has 0 aromatic carbocycles. The molecule has 23 heavy (non-hydrogen) atoms. The van der Waals surface area contributed by atoms with Gasteiger partial charge in [0.05, 0.1) is 0 Å². The number of aliphatic hydroxyl groups is 2. The number of hydrogen-bond donors (Lipinski definition) is 2. The number of carbonyl (C=O) groups excluding carboxylic acids is 1. The molecule has 0 saturated heterocycles. The Kier molecular flexibility index (Phi) is 2.80. The normalized spacial score (nSPS) is 41.4. The van der Waals surface area contributed by atoms with Crippen molar-refractivity contribution >= 4 is 5.78 Å². The lowest BCUT2D eigenvalue weighted by atomic mass is 9.49. The lowest BCUT2D eigenvalue weighted by Gasteiger charge is -2.57. The quantitative estimate of drug-likeness (QED) is 0.717. The van der Waals surface area contributed by atoms with E-state index >= 15 is 0 Å². The Morgan fingerprint density at radius 3 is 2.65 bits per heavy atom. The van der Waals surface area contributed by atoms with Crippen molar-refractivity contribution in [2.24, 2.45) is 16.7 Å². The highest BCUT2D eigenvalue weighted by molar-refractivity contribution is 6.05. The van der Waals surface area contributed by atoms with Crippen molar-refractivity contribution in [2.45, 2.75) is 58.7 Å². The fourth-order valence-electron chi connectivity index (χ4n) is 5.67. The molecule has 0 spiro atoms. The third-order valence-electron chi connectivity index (χ3n) is 6.57. The molecule has 4 nitrogen and oxygen atoms in total. The number of hydrogen-bond acceptors (Lipinski definition) is 4. The van der Waals surface area contributed by atoms with E-state index in [9.17, 15) is 15.0 Å². The minimum Gasteiger partial charge on any atom is -0.504 e. The van der Waals surface area contributed by atoms with Crippen molar-refractivity contribution in [3.05, 3.63) is 34.8 Å². The largest absolute Gasteiger partial charge is 0.504 e. The molecule has 0 bridgehead atoms. The van der Waals surface area contributed by atoms with Crippen molar-refractivity contribution in [3.8, 4) is 0 Å². The first-order valence-corrected chi connectivity index (χ1v) is 8.51. The Balaban J connectivity index is 1.93. The Hall–Kier alpha value is -1.55. The second kappa shape index (κ2) is 4.29. The van der Waals surface area contributed by atoms with Crippen molar-refractivity contribution < 1.29 is 19.7 Å². The number of fused-ring (bicyclic) bond motifs is 4. The molecule has 2 saturated carbocycles. The van der Waals surface area contributed by atoms with E-state index in [1.54, 1.807) is 0 Å². The second-order valence-electron chi connectivity index (χ2n) is 8.43. The van der Waals surface area contributed by atoms with Crippen LogP contribution in [0.2, 0.25) is 0 Å². The minimum absolute atomic E-state index is 0.170. The summed E-state index contributed by atoms with van der Waals surface area (Å²) in [5, 5.41) is 21.0. The summed E-state index contributed by atoms with van der Waals surface area (Å²) in [5.74, 6) is -1.19. The highest BCUT2D eigenvalue weighted by Crippen LogP contribution is 2.65. The van der Waals surface area contributed by atoms with Crippen molar-refractivity contribution in [3.63, 3.8) is 0 Å². The van der Waals surface area contributed by atoms with Crippen LogP contribution in [-0.2, 0) is 9.53 Å². The molecule has 4 rings (SSSR count). The lowest BCUT2D eigenvalue weighted by Crippen LogP contribution is -2.53. The summed E-state index contributed by atoms with van der Waals surface area (Å²) in [5.41, 5.74) is 1.63. The van der Waals surface area contributed by atoms with Crippen LogP contribution in [0, 0.1) is 16.7 Å². The van der Waals surface area contributed by atoms with Crippen LogP contribution in [-0.4, -0.2) is 21.8 Å². The zero-order valence-electron chi connectivity index (χ0n) is 14.0. The van der Waals surface area contributed by atoms with Gasteiger partial charge in [-0.15, -0.1) is 0 Å². The van der Waals surface area contributed by atoms with Gasteiger partial charge in [-0.1, -0.05) is 27.2 Å². The maximum atomic E-state index is 11.7. The van der Waals surface area contributed by atoms with Crippen LogP contribution >= 0.6 is 0 Å². The van der Waals surface area contributed by atoms with E-state index in [0.717, 1.165) is 30.4 Å². The maximum absolute atomic E-state index is 11.7. The van der Waals surface area contributed by atoms with Crippen LogP contribution in [0.25, 0.3) is 0 Å². The van der Waals surface area contributed by atoms with Crippen LogP contribution in [0.3, 0.4) is 0 Å². The van der Waals surface area contributed by atoms with E-state index in [0.29, 0.717) is 18.1 Å². The molecule has 2 N–H and O–H groups in total. The monoisotopic (exact) mass is 316 g/mol. The van der Waals surface area contributed by atoms with E-state index in [1.807, 2.05) is 0 Å². The van der Waals surface area contributed by atoms with Gasteiger partial charge >= 0.3 is 0 Å². The molecule has 0 amide bonds. The molecule has 1 aliphatic heterocycles. The molecule has 3 aliphatic carbocycles. The summed E-state index contributed by atoms with van der Waals surface area (Å²) in [7, 11) is 0. The molecule has 4 aliphatic rings. The second-order valence-corrected chi connectivity index (χ2v) is 8.43. The zero-order chi connectivity index (χ0) is 16.6. The average molecular weight is 316 g/mol. The van der Waals surface area contributed by atoms with E-state index < -0.39 is 11.6 Å². The molecule has 0 radical (unpaired) electrons. The topological polar surface area (TPSA) is 66.8 Å². The van der Waals surface area contributed by atoms with Gasteiger partial charge in [0, 0.05) is 23.6 Å². The van der Waals surface area contributed by atoms with Crippen LogP contribution in [0.5, 0.6) is 0 Å². The molecular formula is C19H24O4. The number of ketones is 1. The fourth-order valence-corrected chi connectivity index (χ4v) is 5.67. The van der Waals surface area contributed by atoms with E-state index in [-0.39, 0.29) is 16.6 Å². The van der Waals surface area contributed by atoms with E-state index in [1.165, 1.54) is 18.6 Å². The van der Waals surface area contributed by atoms with Gasteiger partial charge in [0.25, 0.3) is 0 Å². The smallest absolute Gasteiger partial charge is 0.232 e. The Morgan fingerprint density at radius 2 is 1.91 bits per heavy atom. The van der Waals surface area contributed by atoms with Gasteiger partial charge in [-0.2, -0.15) is 0 Å². The van der Waals surface area contributed by atoms with E-state index in [4.69, 9.17) is 4.74 Å². The highest BCUT2D eigenvalue weighted by Gasteiger charge is 2.61. The van der Waals surface area contributed by atoms with Crippen molar-refractivity contribution in [2.75, 3.05) is 0 Å². The number of rotatable bonds is 0. The molecular weight excluding hydrogens is 292 g/mol. The molecule has 3 atom stereocenters.